The molecule has 4 nitrogen and oxygen atoms in total. The van der Waals surface area contributed by atoms with Gasteiger partial charge in [-0.2, -0.15) is 0 Å². The molecule has 0 fully saturated rings. The first-order valence-electron chi connectivity index (χ1n) is 8.76. The summed E-state index contributed by atoms with van der Waals surface area (Å²) in [5.74, 6) is -0.733. The van der Waals surface area contributed by atoms with Gasteiger partial charge in [0.25, 0.3) is 5.91 Å². The minimum absolute atomic E-state index is 0.144. The smallest absolute Gasteiger partial charge is 0.257 e. The summed E-state index contributed by atoms with van der Waals surface area (Å²) in [5, 5.41) is 3.43. The molecule has 1 N–H and O–H groups in total. The van der Waals surface area contributed by atoms with Gasteiger partial charge in [-0.3, -0.25) is 9.59 Å². The van der Waals surface area contributed by atoms with Crippen molar-refractivity contribution < 1.29 is 9.18 Å². The summed E-state index contributed by atoms with van der Waals surface area (Å²) in [6.07, 6.45) is 3.60. The minimum atomic E-state index is -0.409. The van der Waals surface area contributed by atoms with E-state index in [4.69, 9.17) is 0 Å². The molecule has 4 rings (SSSR count). The molecule has 0 radical (unpaired) electrons. The van der Waals surface area contributed by atoms with E-state index >= 15 is 0 Å². The normalized spacial score (nSPS) is 14.2. The Morgan fingerprint density at radius 3 is 2.73 bits per heavy atom. The molecule has 1 unspecified atom stereocenters. The van der Waals surface area contributed by atoms with E-state index in [1.165, 1.54) is 12.1 Å². The first kappa shape index (κ1) is 16.5. The maximum absolute atomic E-state index is 13.1. The van der Waals surface area contributed by atoms with E-state index in [9.17, 15) is 14.0 Å². The van der Waals surface area contributed by atoms with E-state index in [0.717, 1.165) is 36.0 Å². The molecule has 3 aromatic rings. The number of aromatic nitrogens is 1. The Labute approximate surface area is 150 Å². The van der Waals surface area contributed by atoms with Crippen LogP contribution in [-0.2, 0) is 13.0 Å². The summed E-state index contributed by atoms with van der Waals surface area (Å²) in [5.41, 5.74) is 2.77. The summed E-state index contributed by atoms with van der Waals surface area (Å²) in [6.45, 7) is 2.60. The van der Waals surface area contributed by atoms with Gasteiger partial charge in [-0.25, -0.2) is 4.39 Å². The Morgan fingerprint density at radius 1 is 1.19 bits per heavy atom. The van der Waals surface area contributed by atoms with Crippen LogP contribution in [0.15, 0.2) is 53.5 Å². The fraction of sp³-hybridized carbons (Fsp3) is 0.238. The van der Waals surface area contributed by atoms with Crippen LogP contribution in [0, 0.1) is 5.82 Å². The molecule has 1 atom stereocenters. The Balaban J connectivity index is 1.70. The molecular formula is C21H19FN2O2. The van der Waals surface area contributed by atoms with Crippen LogP contribution in [-0.4, -0.2) is 10.5 Å². The average molecular weight is 350 g/mol. The van der Waals surface area contributed by atoms with Gasteiger partial charge >= 0.3 is 0 Å². The third-order valence-electron chi connectivity index (χ3n) is 4.99. The number of carbonyl (C=O) groups excluding carboxylic acids is 1. The Hall–Kier alpha value is -2.95. The topological polar surface area (TPSA) is 51.1 Å². The number of para-hydroxylation sites is 1. The second-order valence-electron chi connectivity index (χ2n) is 6.73. The van der Waals surface area contributed by atoms with Crippen molar-refractivity contribution >= 4 is 16.8 Å². The molecule has 0 saturated carbocycles. The summed E-state index contributed by atoms with van der Waals surface area (Å²) in [7, 11) is 0. The lowest BCUT2D eigenvalue weighted by molar-refractivity contribution is 0.0938. The molecule has 0 saturated heterocycles. The molecule has 1 aromatic heterocycles. The van der Waals surface area contributed by atoms with Crippen LogP contribution in [0.25, 0.3) is 10.9 Å². The fourth-order valence-electron chi connectivity index (χ4n) is 3.63. The van der Waals surface area contributed by atoms with Gasteiger partial charge in [0.15, 0.2) is 0 Å². The maximum Gasteiger partial charge on any atom is 0.257 e. The van der Waals surface area contributed by atoms with Crippen molar-refractivity contribution in [2.45, 2.75) is 32.4 Å². The second kappa shape index (κ2) is 6.41. The van der Waals surface area contributed by atoms with Gasteiger partial charge in [-0.1, -0.05) is 24.3 Å². The lowest BCUT2D eigenvalue weighted by Gasteiger charge is -2.21. The van der Waals surface area contributed by atoms with E-state index in [0.29, 0.717) is 5.39 Å². The number of hydrogen-bond donors (Lipinski definition) is 1. The number of amides is 1. The van der Waals surface area contributed by atoms with Crippen LogP contribution in [0.5, 0.6) is 0 Å². The lowest BCUT2D eigenvalue weighted by atomic mass is 9.99. The molecule has 5 heteroatoms. The second-order valence-corrected chi connectivity index (χ2v) is 6.73. The number of nitrogens with zero attached hydrogens (tertiary/aromatic N) is 1. The maximum atomic E-state index is 13.1. The van der Waals surface area contributed by atoms with Gasteiger partial charge in [0.05, 0.1) is 11.6 Å². The van der Waals surface area contributed by atoms with E-state index < -0.39 is 5.91 Å². The molecule has 0 spiro atoms. The molecule has 132 valence electrons. The van der Waals surface area contributed by atoms with Crippen LogP contribution in [0.2, 0.25) is 0 Å². The number of carbonyl (C=O) groups is 1. The minimum Gasteiger partial charge on any atom is -0.346 e. The molecular weight excluding hydrogens is 331 g/mol. The largest absolute Gasteiger partial charge is 0.346 e. The molecule has 1 amide bonds. The predicted octanol–water partition coefficient (Wildman–Crippen LogP) is 3.58. The molecule has 1 aliphatic heterocycles. The number of benzene rings is 2. The number of pyridine rings is 1. The first-order valence-corrected chi connectivity index (χ1v) is 8.76. The summed E-state index contributed by atoms with van der Waals surface area (Å²) >= 11 is 0. The number of halogens is 1. The van der Waals surface area contributed by atoms with Crippen molar-refractivity contribution in [1.82, 2.24) is 9.88 Å². The zero-order valence-electron chi connectivity index (χ0n) is 14.5. The van der Waals surface area contributed by atoms with Gasteiger partial charge < -0.3 is 9.88 Å². The third-order valence-corrected chi connectivity index (χ3v) is 4.99. The van der Waals surface area contributed by atoms with E-state index in [1.807, 2.05) is 23.6 Å². The van der Waals surface area contributed by atoms with Crippen molar-refractivity contribution in [2.24, 2.45) is 0 Å². The standard InChI is InChI=1S/C21H19FN2O2/c1-13(14-7-9-16(22)10-8-14)23-21(26)18-12-24-11-3-5-15-4-2-6-17(19(15)24)20(18)25/h2,4,6-10,12-13H,3,5,11H2,1H3,(H,23,26). The third kappa shape index (κ3) is 2.79. The van der Waals surface area contributed by atoms with Gasteiger partial charge in [-0.05, 0) is 49.1 Å². The lowest BCUT2D eigenvalue weighted by Crippen LogP contribution is -2.32. The van der Waals surface area contributed by atoms with Crippen molar-refractivity contribution in [2.75, 3.05) is 0 Å². The Bertz CT molecular complexity index is 1050. The number of aryl methyl sites for hydroxylation is 2. The van der Waals surface area contributed by atoms with Gasteiger partial charge in [0, 0.05) is 18.1 Å². The molecule has 1 aliphatic rings. The zero-order valence-corrected chi connectivity index (χ0v) is 14.5. The van der Waals surface area contributed by atoms with Crippen LogP contribution < -0.4 is 10.7 Å². The highest BCUT2D eigenvalue weighted by Gasteiger charge is 2.20. The number of hydrogen-bond acceptors (Lipinski definition) is 2. The quantitative estimate of drug-likeness (QED) is 0.785. The monoisotopic (exact) mass is 350 g/mol. The fourth-order valence-corrected chi connectivity index (χ4v) is 3.63. The number of rotatable bonds is 3. The zero-order chi connectivity index (χ0) is 18.3. The van der Waals surface area contributed by atoms with Crippen LogP contribution in [0.3, 0.4) is 0 Å². The molecule has 0 bridgehead atoms. The van der Waals surface area contributed by atoms with Crippen molar-refractivity contribution in [3.05, 3.63) is 81.4 Å². The van der Waals surface area contributed by atoms with Crippen LogP contribution >= 0.6 is 0 Å². The average Bonchev–Trinajstić information content (AvgIpc) is 2.65. The van der Waals surface area contributed by atoms with Gasteiger partial charge in [-0.15, -0.1) is 0 Å². The van der Waals surface area contributed by atoms with E-state index in [-0.39, 0.29) is 22.9 Å². The van der Waals surface area contributed by atoms with E-state index in [1.54, 1.807) is 24.4 Å². The van der Waals surface area contributed by atoms with Crippen molar-refractivity contribution in [3.63, 3.8) is 0 Å². The van der Waals surface area contributed by atoms with Crippen LogP contribution in [0.1, 0.15) is 40.9 Å². The van der Waals surface area contributed by atoms with Gasteiger partial charge in [0.2, 0.25) is 5.43 Å². The number of nitrogens with one attached hydrogen (secondary N) is 1. The molecule has 0 aliphatic carbocycles. The highest BCUT2D eigenvalue weighted by Crippen LogP contribution is 2.23. The van der Waals surface area contributed by atoms with Crippen molar-refractivity contribution in [1.29, 1.82) is 0 Å². The Kier molecular flexibility index (Phi) is 4.07. The highest BCUT2D eigenvalue weighted by atomic mass is 19.1. The summed E-state index contributed by atoms with van der Waals surface area (Å²) < 4.78 is 15.1. The summed E-state index contributed by atoms with van der Waals surface area (Å²) in [6, 6.07) is 11.3. The Morgan fingerprint density at radius 2 is 1.96 bits per heavy atom. The van der Waals surface area contributed by atoms with E-state index in [2.05, 4.69) is 5.32 Å². The van der Waals surface area contributed by atoms with Crippen LogP contribution in [0.4, 0.5) is 4.39 Å². The SMILES string of the molecule is CC(NC(=O)c1cn2c3c(cccc3c1=O)CCC2)c1ccc(F)cc1. The first-order chi connectivity index (χ1) is 12.5. The van der Waals surface area contributed by atoms with Crippen molar-refractivity contribution in [3.8, 4) is 0 Å². The highest BCUT2D eigenvalue weighted by molar-refractivity contribution is 5.98. The predicted molar refractivity (Wildman–Crippen MR) is 98.8 cm³/mol. The van der Waals surface area contributed by atoms with Gasteiger partial charge in [0.1, 0.15) is 11.4 Å². The molecule has 2 heterocycles. The summed E-state index contributed by atoms with van der Waals surface area (Å²) in [4.78, 5) is 25.6. The molecule has 2 aromatic carbocycles. The molecule has 26 heavy (non-hydrogen) atoms.